The molecule has 0 bridgehead atoms. The normalized spacial score (nSPS) is 20.4. The summed E-state index contributed by atoms with van der Waals surface area (Å²) in [6.07, 6.45) is 7.58. The zero-order chi connectivity index (χ0) is 11.8. The van der Waals surface area contributed by atoms with E-state index in [9.17, 15) is 4.79 Å². The molecule has 1 aromatic rings. The first-order chi connectivity index (χ1) is 8.24. The number of carbonyl (C=O) groups excluding carboxylic acids is 1. The predicted octanol–water partition coefficient (Wildman–Crippen LogP) is 3.79. The molecule has 0 atom stereocenters. The first-order valence-corrected chi connectivity index (χ1v) is 6.14. The quantitative estimate of drug-likeness (QED) is 0.750. The van der Waals surface area contributed by atoms with E-state index in [4.69, 9.17) is 11.6 Å². The van der Waals surface area contributed by atoms with E-state index in [-0.39, 0.29) is 5.91 Å². The number of hydrogen-bond acceptors (Lipinski definition) is 1. The van der Waals surface area contributed by atoms with Crippen LogP contribution in [0.15, 0.2) is 35.9 Å². The molecule has 17 heavy (non-hydrogen) atoms. The molecular weight excluding hydrogens is 234 g/mol. The highest BCUT2D eigenvalue weighted by molar-refractivity contribution is 6.34. The Balaban J connectivity index is 2.05. The third-order valence-electron chi connectivity index (χ3n) is 3.17. The molecule has 0 unspecified atom stereocenters. The summed E-state index contributed by atoms with van der Waals surface area (Å²) in [5.74, 6) is -0.0323. The van der Waals surface area contributed by atoms with E-state index in [0.29, 0.717) is 5.02 Å². The summed E-state index contributed by atoms with van der Waals surface area (Å²) in [7, 11) is 0. The second-order valence-electron chi connectivity index (χ2n) is 4.37. The number of rotatable bonds is 1. The third-order valence-corrected chi connectivity index (χ3v) is 3.41. The van der Waals surface area contributed by atoms with Gasteiger partial charge in [-0.05, 0) is 37.5 Å². The Hall–Kier alpha value is -1.54. The first kappa shape index (κ1) is 10.6. The molecule has 86 valence electrons. The van der Waals surface area contributed by atoms with Crippen molar-refractivity contribution in [3.63, 3.8) is 0 Å². The van der Waals surface area contributed by atoms with Crippen LogP contribution in [0.4, 0.5) is 5.69 Å². The van der Waals surface area contributed by atoms with Gasteiger partial charge in [0, 0.05) is 16.2 Å². The molecular formula is C14H12ClNO. The Morgan fingerprint density at radius 2 is 2.24 bits per heavy atom. The molecule has 0 saturated carbocycles. The summed E-state index contributed by atoms with van der Waals surface area (Å²) in [5.41, 5.74) is 3.78. The summed E-state index contributed by atoms with van der Waals surface area (Å²) >= 11 is 5.91. The lowest BCUT2D eigenvalue weighted by Crippen LogP contribution is -2.03. The summed E-state index contributed by atoms with van der Waals surface area (Å²) in [4.78, 5) is 11.9. The van der Waals surface area contributed by atoms with E-state index >= 15 is 0 Å². The summed E-state index contributed by atoms with van der Waals surface area (Å²) in [5, 5.41) is 3.49. The molecule has 1 aliphatic carbocycles. The summed E-state index contributed by atoms with van der Waals surface area (Å²) < 4.78 is 0. The van der Waals surface area contributed by atoms with Crippen LogP contribution in [0.2, 0.25) is 5.02 Å². The molecule has 0 saturated heterocycles. The van der Waals surface area contributed by atoms with Crippen molar-refractivity contribution in [3.05, 3.63) is 46.5 Å². The van der Waals surface area contributed by atoms with Gasteiger partial charge in [0.25, 0.3) is 5.91 Å². The van der Waals surface area contributed by atoms with Crippen LogP contribution in [-0.4, -0.2) is 5.91 Å². The zero-order valence-corrected chi connectivity index (χ0v) is 10.1. The summed E-state index contributed by atoms with van der Waals surface area (Å²) in [6, 6.07) is 5.51. The van der Waals surface area contributed by atoms with Crippen molar-refractivity contribution in [2.45, 2.75) is 19.3 Å². The largest absolute Gasteiger partial charge is 0.321 e. The van der Waals surface area contributed by atoms with E-state index in [1.54, 1.807) is 6.07 Å². The maximum atomic E-state index is 11.9. The van der Waals surface area contributed by atoms with Gasteiger partial charge in [-0.15, -0.1) is 0 Å². The van der Waals surface area contributed by atoms with Crippen molar-refractivity contribution in [2.24, 2.45) is 0 Å². The Kier molecular flexibility index (Phi) is 2.52. The van der Waals surface area contributed by atoms with E-state index in [1.807, 2.05) is 18.2 Å². The van der Waals surface area contributed by atoms with Crippen LogP contribution in [-0.2, 0) is 4.79 Å². The van der Waals surface area contributed by atoms with Crippen molar-refractivity contribution in [2.75, 3.05) is 5.32 Å². The van der Waals surface area contributed by atoms with E-state index in [1.165, 1.54) is 12.0 Å². The Bertz CT molecular complexity index is 557. The number of allylic oxidation sites excluding steroid dienone is 3. The fourth-order valence-electron chi connectivity index (χ4n) is 2.32. The second kappa shape index (κ2) is 4.04. The van der Waals surface area contributed by atoms with Crippen molar-refractivity contribution in [1.29, 1.82) is 0 Å². The van der Waals surface area contributed by atoms with E-state index in [0.717, 1.165) is 29.7 Å². The van der Waals surface area contributed by atoms with Gasteiger partial charge in [0.15, 0.2) is 0 Å². The lowest BCUT2D eigenvalue weighted by molar-refractivity contribution is -0.110. The molecule has 0 fully saturated rings. The average Bonchev–Trinajstić information content (AvgIpc) is 2.88. The molecule has 0 spiro atoms. The molecule has 2 nitrogen and oxygen atoms in total. The van der Waals surface area contributed by atoms with Gasteiger partial charge in [-0.1, -0.05) is 29.3 Å². The van der Waals surface area contributed by atoms with Gasteiger partial charge in [0.05, 0.1) is 5.69 Å². The van der Waals surface area contributed by atoms with Gasteiger partial charge in [-0.2, -0.15) is 0 Å². The SMILES string of the molecule is O=C1Nc2cc(Cl)ccc2C1=CC1=CCCC1. The molecule has 1 N–H and O–H groups in total. The van der Waals surface area contributed by atoms with E-state index in [2.05, 4.69) is 11.4 Å². The Morgan fingerprint density at radius 3 is 3.00 bits per heavy atom. The molecule has 0 radical (unpaired) electrons. The number of hydrogen-bond donors (Lipinski definition) is 1. The fourth-order valence-corrected chi connectivity index (χ4v) is 2.49. The summed E-state index contributed by atoms with van der Waals surface area (Å²) in [6.45, 7) is 0. The lowest BCUT2D eigenvalue weighted by Gasteiger charge is -1.99. The van der Waals surface area contributed by atoms with Gasteiger partial charge in [-0.3, -0.25) is 4.79 Å². The average molecular weight is 246 g/mol. The smallest absolute Gasteiger partial charge is 0.256 e. The minimum Gasteiger partial charge on any atom is -0.321 e. The highest BCUT2D eigenvalue weighted by Crippen LogP contribution is 2.35. The monoisotopic (exact) mass is 245 g/mol. The fraction of sp³-hybridized carbons (Fsp3) is 0.214. The topological polar surface area (TPSA) is 29.1 Å². The van der Waals surface area contributed by atoms with Crippen LogP contribution in [0.5, 0.6) is 0 Å². The molecule has 1 amide bonds. The van der Waals surface area contributed by atoms with Gasteiger partial charge < -0.3 is 5.32 Å². The predicted molar refractivity (Wildman–Crippen MR) is 70.0 cm³/mol. The van der Waals surface area contributed by atoms with Crippen molar-refractivity contribution >= 4 is 28.8 Å². The number of fused-ring (bicyclic) bond motifs is 1. The van der Waals surface area contributed by atoms with Crippen molar-refractivity contribution in [3.8, 4) is 0 Å². The number of halogens is 1. The first-order valence-electron chi connectivity index (χ1n) is 5.76. The highest BCUT2D eigenvalue weighted by Gasteiger charge is 2.24. The lowest BCUT2D eigenvalue weighted by atomic mass is 10.0. The molecule has 1 aliphatic heterocycles. The Labute approximate surface area is 105 Å². The molecule has 2 aliphatic rings. The maximum absolute atomic E-state index is 11.9. The van der Waals surface area contributed by atoms with Gasteiger partial charge in [0.1, 0.15) is 0 Å². The minimum atomic E-state index is -0.0323. The Morgan fingerprint density at radius 1 is 1.35 bits per heavy atom. The van der Waals surface area contributed by atoms with Crippen LogP contribution in [0, 0.1) is 0 Å². The molecule has 1 aromatic carbocycles. The van der Waals surface area contributed by atoms with Crippen LogP contribution in [0.3, 0.4) is 0 Å². The molecule has 0 aromatic heterocycles. The van der Waals surface area contributed by atoms with Crippen LogP contribution in [0.25, 0.3) is 5.57 Å². The van der Waals surface area contributed by atoms with Gasteiger partial charge in [0.2, 0.25) is 0 Å². The number of carbonyl (C=O) groups is 1. The number of benzene rings is 1. The third kappa shape index (κ3) is 1.89. The van der Waals surface area contributed by atoms with Gasteiger partial charge in [-0.25, -0.2) is 0 Å². The molecule has 1 heterocycles. The van der Waals surface area contributed by atoms with Gasteiger partial charge >= 0.3 is 0 Å². The molecule has 3 heteroatoms. The number of amides is 1. The van der Waals surface area contributed by atoms with E-state index < -0.39 is 0 Å². The van der Waals surface area contributed by atoms with Crippen molar-refractivity contribution < 1.29 is 4.79 Å². The minimum absolute atomic E-state index is 0.0323. The maximum Gasteiger partial charge on any atom is 0.256 e. The van der Waals surface area contributed by atoms with Crippen molar-refractivity contribution in [1.82, 2.24) is 0 Å². The molecule has 3 rings (SSSR count). The second-order valence-corrected chi connectivity index (χ2v) is 4.81. The van der Waals surface area contributed by atoms with Crippen LogP contribution >= 0.6 is 11.6 Å². The van der Waals surface area contributed by atoms with Crippen LogP contribution < -0.4 is 5.32 Å². The highest BCUT2D eigenvalue weighted by atomic mass is 35.5. The standard InChI is InChI=1S/C14H12ClNO/c15-10-5-6-11-12(7-9-3-1-2-4-9)14(17)16-13(11)8-10/h3,5-8H,1-2,4H2,(H,16,17). The van der Waals surface area contributed by atoms with Crippen LogP contribution in [0.1, 0.15) is 24.8 Å². The number of nitrogens with one attached hydrogen (secondary N) is 1. The number of anilines is 1. The zero-order valence-electron chi connectivity index (χ0n) is 9.29.